The summed E-state index contributed by atoms with van der Waals surface area (Å²) in [5.74, 6) is -2.97. The Labute approximate surface area is 107 Å². The van der Waals surface area contributed by atoms with Gasteiger partial charge in [0.2, 0.25) is 0 Å². The van der Waals surface area contributed by atoms with Gasteiger partial charge >= 0.3 is 5.97 Å². The fourth-order valence-electron chi connectivity index (χ4n) is 1.25. The largest absolute Gasteiger partial charge is 0.480 e. The van der Waals surface area contributed by atoms with E-state index in [-0.39, 0.29) is 10.6 Å². The molecular weight excluding hydrogens is 265 g/mol. The topological polar surface area (TPSA) is 86.6 Å². The van der Waals surface area contributed by atoms with E-state index >= 15 is 0 Å². The molecule has 18 heavy (non-hydrogen) atoms. The molecule has 1 aromatic rings. The van der Waals surface area contributed by atoms with Crippen molar-refractivity contribution in [1.82, 2.24) is 5.32 Å². The Balaban J connectivity index is 2.87. The molecule has 0 heterocycles. The lowest BCUT2D eigenvalue weighted by Crippen LogP contribution is -2.47. The van der Waals surface area contributed by atoms with Crippen LogP contribution < -0.4 is 5.32 Å². The Morgan fingerprint density at radius 3 is 2.50 bits per heavy atom. The molecule has 0 bridgehead atoms. The Morgan fingerprint density at radius 2 is 2.06 bits per heavy atom. The first kappa shape index (κ1) is 14.4. The summed E-state index contributed by atoms with van der Waals surface area (Å²) in [7, 11) is 0. The maximum atomic E-state index is 13.1. The second-order valence-electron chi connectivity index (χ2n) is 3.66. The smallest absolute Gasteiger partial charge is 0.328 e. The van der Waals surface area contributed by atoms with Gasteiger partial charge in [0.05, 0.1) is 11.1 Å². The standard InChI is InChI=1S/C11H11ClFNO4/c1-5(15)9(11(17)18)14-10(16)6-2-3-7(12)8(13)4-6/h2-5,9,15H,1H3,(H,14,16)(H,17,18)/t5-,9+/m1/s1. The third-order valence-electron chi connectivity index (χ3n) is 2.22. The van der Waals surface area contributed by atoms with Crippen molar-refractivity contribution in [2.75, 3.05) is 0 Å². The number of aliphatic hydroxyl groups excluding tert-OH is 1. The van der Waals surface area contributed by atoms with Crippen LogP contribution in [-0.4, -0.2) is 34.2 Å². The number of amides is 1. The number of carboxylic acid groups (broad SMARTS) is 1. The zero-order valence-electron chi connectivity index (χ0n) is 9.35. The molecule has 5 nitrogen and oxygen atoms in total. The van der Waals surface area contributed by atoms with Crippen LogP contribution in [0.25, 0.3) is 0 Å². The van der Waals surface area contributed by atoms with Crippen molar-refractivity contribution in [3.05, 3.63) is 34.6 Å². The molecule has 0 radical (unpaired) electrons. The summed E-state index contributed by atoms with van der Waals surface area (Å²) in [6, 6.07) is 1.86. The van der Waals surface area contributed by atoms with Gasteiger partial charge < -0.3 is 15.5 Å². The molecule has 98 valence electrons. The summed E-state index contributed by atoms with van der Waals surface area (Å²) in [6.45, 7) is 1.22. The Kier molecular flexibility index (Phi) is 4.63. The number of benzene rings is 1. The minimum atomic E-state index is -1.46. The predicted octanol–water partition coefficient (Wildman–Crippen LogP) is 1.04. The number of carbonyl (C=O) groups excluding carboxylic acids is 1. The molecule has 0 aliphatic rings. The van der Waals surface area contributed by atoms with Gasteiger partial charge in [-0.25, -0.2) is 9.18 Å². The molecule has 1 aromatic carbocycles. The molecule has 0 saturated carbocycles. The van der Waals surface area contributed by atoms with Crippen LogP contribution in [0.5, 0.6) is 0 Å². The maximum Gasteiger partial charge on any atom is 0.328 e. The van der Waals surface area contributed by atoms with Crippen LogP contribution in [0.1, 0.15) is 17.3 Å². The third-order valence-corrected chi connectivity index (χ3v) is 2.52. The van der Waals surface area contributed by atoms with Crippen LogP contribution in [0.2, 0.25) is 5.02 Å². The first-order chi connectivity index (χ1) is 8.32. The summed E-state index contributed by atoms with van der Waals surface area (Å²) in [4.78, 5) is 22.4. The fourth-order valence-corrected chi connectivity index (χ4v) is 1.37. The molecule has 3 N–H and O–H groups in total. The number of nitrogens with one attached hydrogen (secondary N) is 1. The van der Waals surface area contributed by atoms with E-state index in [1.54, 1.807) is 0 Å². The van der Waals surface area contributed by atoms with Crippen molar-refractivity contribution >= 4 is 23.5 Å². The second-order valence-corrected chi connectivity index (χ2v) is 4.07. The van der Waals surface area contributed by atoms with Gasteiger partial charge in [-0.3, -0.25) is 4.79 Å². The van der Waals surface area contributed by atoms with E-state index in [1.165, 1.54) is 19.1 Å². The quantitative estimate of drug-likeness (QED) is 0.766. The summed E-state index contributed by atoms with van der Waals surface area (Å²) in [5.41, 5.74) is -0.0798. The van der Waals surface area contributed by atoms with E-state index in [1.807, 2.05) is 0 Å². The number of aliphatic hydroxyl groups is 1. The molecule has 0 unspecified atom stereocenters. The van der Waals surface area contributed by atoms with Gasteiger partial charge in [0.1, 0.15) is 5.82 Å². The lowest BCUT2D eigenvalue weighted by Gasteiger charge is -2.17. The van der Waals surface area contributed by atoms with Crippen LogP contribution in [0.3, 0.4) is 0 Å². The number of aliphatic carboxylic acids is 1. The molecule has 0 aliphatic carbocycles. The number of carbonyl (C=O) groups is 2. The van der Waals surface area contributed by atoms with Crippen molar-refractivity contribution in [3.63, 3.8) is 0 Å². The van der Waals surface area contributed by atoms with E-state index < -0.39 is 29.8 Å². The van der Waals surface area contributed by atoms with Crippen LogP contribution >= 0.6 is 11.6 Å². The number of carboxylic acids is 1. The van der Waals surface area contributed by atoms with E-state index in [0.717, 1.165) is 6.07 Å². The number of hydrogen-bond donors (Lipinski definition) is 3. The van der Waals surface area contributed by atoms with E-state index in [9.17, 15) is 19.1 Å². The van der Waals surface area contributed by atoms with Gasteiger partial charge in [-0.05, 0) is 25.1 Å². The van der Waals surface area contributed by atoms with Crippen LogP contribution in [0.4, 0.5) is 4.39 Å². The molecular formula is C11H11ClFNO4. The minimum absolute atomic E-state index is 0.0798. The zero-order valence-corrected chi connectivity index (χ0v) is 10.1. The zero-order chi connectivity index (χ0) is 13.9. The maximum absolute atomic E-state index is 13.1. The first-order valence-corrected chi connectivity index (χ1v) is 5.37. The lowest BCUT2D eigenvalue weighted by molar-refractivity contribution is -0.141. The second kappa shape index (κ2) is 5.79. The molecule has 2 atom stereocenters. The van der Waals surface area contributed by atoms with Crippen LogP contribution in [-0.2, 0) is 4.79 Å². The first-order valence-electron chi connectivity index (χ1n) is 4.99. The van der Waals surface area contributed by atoms with Crippen molar-refractivity contribution in [2.24, 2.45) is 0 Å². The van der Waals surface area contributed by atoms with Gasteiger partial charge in [0.25, 0.3) is 5.91 Å². The van der Waals surface area contributed by atoms with Crippen molar-refractivity contribution in [2.45, 2.75) is 19.1 Å². The highest BCUT2D eigenvalue weighted by molar-refractivity contribution is 6.30. The van der Waals surface area contributed by atoms with E-state index in [4.69, 9.17) is 16.7 Å². The molecule has 0 spiro atoms. The minimum Gasteiger partial charge on any atom is -0.480 e. The summed E-state index contributed by atoms with van der Waals surface area (Å²) in [6.07, 6.45) is -1.27. The van der Waals surface area contributed by atoms with Gasteiger partial charge in [0, 0.05) is 5.56 Å². The number of rotatable bonds is 4. The lowest BCUT2D eigenvalue weighted by atomic mass is 10.1. The number of halogens is 2. The van der Waals surface area contributed by atoms with Crippen LogP contribution in [0.15, 0.2) is 18.2 Å². The highest BCUT2D eigenvalue weighted by Gasteiger charge is 2.25. The molecule has 7 heteroatoms. The molecule has 0 aromatic heterocycles. The van der Waals surface area contributed by atoms with Crippen molar-refractivity contribution < 1.29 is 24.2 Å². The molecule has 1 rings (SSSR count). The Bertz CT molecular complexity index is 478. The predicted molar refractivity (Wildman–Crippen MR) is 62.0 cm³/mol. The van der Waals surface area contributed by atoms with Gasteiger partial charge in [0.15, 0.2) is 6.04 Å². The SMILES string of the molecule is C[C@@H](O)[C@H](NC(=O)c1ccc(Cl)c(F)c1)C(=O)O. The monoisotopic (exact) mass is 275 g/mol. The fraction of sp³-hybridized carbons (Fsp3) is 0.273. The highest BCUT2D eigenvalue weighted by Crippen LogP contribution is 2.15. The molecule has 1 amide bonds. The van der Waals surface area contributed by atoms with Gasteiger partial charge in [-0.1, -0.05) is 11.6 Å². The summed E-state index contributed by atoms with van der Waals surface area (Å²) >= 11 is 5.45. The Morgan fingerprint density at radius 1 is 1.44 bits per heavy atom. The van der Waals surface area contributed by atoms with Crippen molar-refractivity contribution in [1.29, 1.82) is 0 Å². The van der Waals surface area contributed by atoms with E-state index in [2.05, 4.69) is 5.32 Å². The van der Waals surface area contributed by atoms with E-state index in [0.29, 0.717) is 0 Å². The highest BCUT2D eigenvalue weighted by atomic mass is 35.5. The summed E-state index contributed by atoms with van der Waals surface area (Å²) in [5, 5.41) is 19.9. The van der Waals surface area contributed by atoms with Gasteiger partial charge in [-0.2, -0.15) is 0 Å². The van der Waals surface area contributed by atoms with Crippen LogP contribution in [0, 0.1) is 5.82 Å². The molecule has 0 aliphatic heterocycles. The summed E-state index contributed by atoms with van der Waals surface area (Å²) < 4.78 is 13.1. The average Bonchev–Trinajstić information content (AvgIpc) is 2.28. The third kappa shape index (κ3) is 3.41. The van der Waals surface area contributed by atoms with Gasteiger partial charge in [-0.15, -0.1) is 0 Å². The Hall–Kier alpha value is -1.66. The van der Waals surface area contributed by atoms with Crippen molar-refractivity contribution in [3.8, 4) is 0 Å². The number of hydrogen-bond acceptors (Lipinski definition) is 3. The molecule has 0 fully saturated rings. The normalized spacial score (nSPS) is 13.8. The molecule has 0 saturated heterocycles. The average molecular weight is 276 g/mol.